The topological polar surface area (TPSA) is 43.1 Å². The van der Waals surface area contributed by atoms with Gasteiger partial charge in [0.05, 0.1) is 6.21 Å². The molecule has 116 valence electrons. The van der Waals surface area contributed by atoms with Crippen molar-refractivity contribution in [1.29, 1.82) is 0 Å². The number of aromatic nitrogens is 3. The molecule has 0 atom stereocenters. The first kappa shape index (κ1) is 16.1. The molecule has 3 aromatic rings. The number of nitrogens with zero attached hydrogens (tertiary/aromatic N) is 4. The Hall–Kier alpha value is -1.82. The van der Waals surface area contributed by atoms with Crippen LogP contribution >= 0.6 is 35.0 Å². The van der Waals surface area contributed by atoms with Crippen molar-refractivity contribution in [2.24, 2.45) is 5.10 Å². The molecule has 0 aliphatic rings. The molecule has 0 saturated heterocycles. The van der Waals surface area contributed by atoms with E-state index in [-0.39, 0.29) is 0 Å². The van der Waals surface area contributed by atoms with Crippen LogP contribution in [0.4, 0.5) is 0 Å². The zero-order valence-corrected chi connectivity index (χ0v) is 14.3. The SMILES string of the molecule is Clc1ccc(CSc2nncn2/N=C/c2ccccc2Cl)cc1. The molecule has 7 heteroatoms. The largest absolute Gasteiger partial charge is 0.212 e. The fourth-order valence-corrected chi connectivity index (χ4v) is 2.96. The van der Waals surface area contributed by atoms with Gasteiger partial charge >= 0.3 is 0 Å². The fraction of sp³-hybridized carbons (Fsp3) is 0.0625. The predicted octanol–water partition coefficient (Wildman–Crippen LogP) is 4.76. The zero-order valence-electron chi connectivity index (χ0n) is 11.9. The van der Waals surface area contributed by atoms with Crippen molar-refractivity contribution >= 4 is 41.2 Å². The summed E-state index contributed by atoms with van der Waals surface area (Å²) >= 11 is 13.5. The molecule has 0 bridgehead atoms. The lowest BCUT2D eigenvalue weighted by atomic mass is 10.2. The van der Waals surface area contributed by atoms with Gasteiger partial charge in [0.1, 0.15) is 6.33 Å². The van der Waals surface area contributed by atoms with Gasteiger partial charge in [-0.05, 0) is 23.8 Å². The van der Waals surface area contributed by atoms with Gasteiger partial charge in [0, 0.05) is 21.4 Å². The smallest absolute Gasteiger partial charge is 0.195 e. The van der Waals surface area contributed by atoms with E-state index in [1.54, 1.807) is 29.0 Å². The van der Waals surface area contributed by atoms with E-state index < -0.39 is 0 Å². The molecule has 0 unspecified atom stereocenters. The summed E-state index contributed by atoms with van der Waals surface area (Å²) in [4.78, 5) is 0. The van der Waals surface area contributed by atoms with Gasteiger partial charge in [0.2, 0.25) is 5.16 Å². The van der Waals surface area contributed by atoms with E-state index in [0.29, 0.717) is 10.2 Å². The van der Waals surface area contributed by atoms with Crippen molar-refractivity contribution in [3.63, 3.8) is 0 Å². The second-order valence-corrected chi connectivity index (χ2v) is 6.43. The molecule has 1 aromatic heterocycles. The highest BCUT2D eigenvalue weighted by molar-refractivity contribution is 7.98. The van der Waals surface area contributed by atoms with Gasteiger partial charge < -0.3 is 0 Å². The highest BCUT2D eigenvalue weighted by Crippen LogP contribution is 2.21. The summed E-state index contributed by atoms with van der Waals surface area (Å²) in [6, 6.07) is 15.2. The molecule has 2 aromatic carbocycles. The normalized spacial score (nSPS) is 11.2. The second kappa shape index (κ2) is 7.64. The first-order valence-electron chi connectivity index (χ1n) is 6.78. The van der Waals surface area contributed by atoms with E-state index in [2.05, 4.69) is 15.3 Å². The molecule has 0 fully saturated rings. The van der Waals surface area contributed by atoms with Crippen LogP contribution in [0.1, 0.15) is 11.1 Å². The Morgan fingerprint density at radius 2 is 1.87 bits per heavy atom. The van der Waals surface area contributed by atoms with Gasteiger partial charge in [-0.2, -0.15) is 9.78 Å². The van der Waals surface area contributed by atoms with Crippen molar-refractivity contribution in [2.45, 2.75) is 10.9 Å². The van der Waals surface area contributed by atoms with E-state index >= 15 is 0 Å². The van der Waals surface area contributed by atoms with E-state index in [9.17, 15) is 0 Å². The third-order valence-corrected chi connectivity index (χ3v) is 4.61. The number of hydrogen-bond donors (Lipinski definition) is 0. The second-order valence-electron chi connectivity index (χ2n) is 4.64. The van der Waals surface area contributed by atoms with Crippen molar-refractivity contribution in [3.05, 3.63) is 76.0 Å². The van der Waals surface area contributed by atoms with Crippen LogP contribution in [0.25, 0.3) is 0 Å². The summed E-state index contributed by atoms with van der Waals surface area (Å²) in [6.45, 7) is 0. The van der Waals surface area contributed by atoms with Crippen LogP contribution in [0.5, 0.6) is 0 Å². The van der Waals surface area contributed by atoms with Crippen LogP contribution in [0, 0.1) is 0 Å². The Labute approximate surface area is 148 Å². The Morgan fingerprint density at radius 1 is 1.09 bits per heavy atom. The van der Waals surface area contributed by atoms with Crippen molar-refractivity contribution in [2.75, 3.05) is 0 Å². The molecule has 0 radical (unpaired) electrons. The maximum atomic E-state index is 6.11. The lowest BCUT2D eigenvalue weighted by molar-refractivity contribution is 0.767. The van der Waals surface area contributed by atoms with Crippen LogP contribution in [0.2, 0.25) is 10.0 Å². The van der Waals surface area contributed by atoms with E-state index in [4.69, 9.17) is 23.2 Å². The number of benzene rings is 2. The Morgan fingerprint density at radius 3 is 2.65 bits per heavy atom. The van der Waals surface area contributed by atoms with Gasteiger partial charge in [-0.1, -0.05) is 65.3 Å². The van der Waals surface area contributed by atoms with Crippen LogP contribution in [0.15, 0.2) is 65.1 Å². The van der Waals surface area contributed by atoms with Gasteiger partial charge in [-0.15, -0.1) is 10.2 Å². The first-order chi connectivity index (χ1) is 11.2. The molecule has 0 N–H and O–H groups in total. The molecule has 0 aliphatic heterocycles. The van der Waals surface area contributed by atoms with Crippen LogP contribution in [0.3, 0.4) is 0 Å². The standard InChI is InChI=1S/C16H12Cl2N4S/c17-14-7-5-12(6-8-14)10-23-16-21-19-11-22(16)20-9-13-3-1-2-4-15(13)18/h1-9,11H,10H2/b20-9+. The van der Waals surface area contributed by atoms with Crippen LogP contribution in [-0.2, 0) is 5.75 Å². The third kappa shape index (κ3) is 4.34. The summed E-state index contributed by atoms with van der Waals surface area (Å²) in [5.41, 5.74) is 2.00. The van der Waals surface area contributed by atoms with E-state index in [1.807, 2.05) is 48.5 Å². The maximum absolute atomic E-state index is 6.11. The van der Waals surface area contributed by atoms with Crippen molar-refractivity contribution in [3.8, 4) is 0 Å². The molecule has 0 amide bonds. The van der Waals surface area contributed by atoms with Gasteiger partial charge in [0.25, 0.3) is 0 Å². The minimum absolute atomic E-state index is 0.652. The number of rotatable bonds is 5. The fourth-order valence-electron chi connectivity index (χ4n) is 1.83. The van der Waals surface area contributed by atoms with E-state index in [0.717, 1.165) is 21.9 Å². The highest BCUT2D eigenvalue weighted by atomic mass is 35.5. The Kier molecular flexibility index (Phi) is 5.33. The van der Waals surface area contributed by atoms with Crippen LogP contribution < -0.4 is 0 Å². The molecule has 0 aliphatic carbocycles. The van der Waals surface area contributed by atoms with E-state index in [1.165, 1.54) is 0 Å². The minimum atomic E-state index is 0.652. The molecule has 3 rings (SSSR count). The van der Waals surface area contributed by atoms with Gasteiger partial charge in [-0.3, -0.25) is 0 Å². The Bertz CT molecular complexity index is 815. The average molecular weight is 363 g/mol. The number of hydrogen-bond acceptors (Lipinski definition) is 4. The predicted molar refractivity (Wildman–Crippen MR) is 95.5 cm³/mol. The molecule has 23 heavy (non-hydrogen) atoms. The maximum Gasteiger partial charge on any atom is 0.212 e. The van der Waals surface area contributed by atoms with Crippen molar-refractivity contribution in [1.82, 2.24) is 14.9 Å². The Balaban J connectivity index is 1.70. The molecular weight excluding hydrogens is 351 g/mol. The zero-order chi connectivity index (χ0) is 16.1. The van der Waals surface area contributed by atoms with Crippen LogP contribution in [-0.4, -0.2) is 21.1 Å². The third-order valence-electron chi connectivity index (χ3n) is 3.01. The molecule has 0 saturated carbocycles. The quantitative estimate of drug-likeness (QED) is 0.485. The molecule has 0 spiro atoms. The number of halogens is 2. The summed E-state index contributed by atoms with van der Waals surface area (Å²) in [7, 11) is 0. The minimum Gasteiger partial charge on any atom is -0.195 e. The summed E-state index contributed by atoms with van der Waals surface area (Å²) < 4.78 is 1.63. The first-order valence-corrected chi connectivity index (χ1v) is 8.53. The van der Waals surface area contributed by atoms with Gasteiger partial charge in [-0.25, -0.2) is 0 Å². The summed E-state index contributed by atoms with van der Waals surface area (Å²) in [6.07, 6.45) is 3.26. The molecular formula is C16H12Cl2N4S. The van der Waals surface area contributed by atoms with Crippen molar-refractivity contribution < 1.29 is 0 Å². The summed E-state index contributed by atoms with van der Waals surface area (Å²) in [5, 5.41) is 14.4. The lowest BCUT2D eigenvalue weighted by Gasteiger charge is -2.02. The lowest BCUT2D eigenvalue weighted by Crippen LogP contribution is -1.93. The highest BCUT2D eigenvalue weighted by Gasteiger charge is 2.05. The summed E-state index contributed by atoms with van der Waals surface area (Å²) in [5.74, 6) is 0.761. The monoisotopic (exact) mass is 362 g/mol. The van der Waals surface area contributed by atoms with Gasteiger partial charge in [0.15, 0.2) is 0 Å². The average Bonchev–Trinajstić information content (AvgIpc) is 3.01. The molecule has 4 nitrogen and oxygen atoms in total. The molecule has 1 heterocycles. The number of thioether (sulfide) groups is 1.